The van der Waals surface area contributed by atoms with Gasteiger partial charge in [0.15, 0.2) is 0 Å². The predicted octanol–water partition coefficient (Wildman–Crippen LogP) is 3.98. The van der Waals surface area contributed by atoms with Crippen LogP contribution in [0.2, 0.25) is 0 Å². The van der Waals surface area contributed by atoms with E-state index in [1.807, 2.05) is 19.9 Å². The van der Waals surface area contributed by atoms with Gasteiger partial charge >= 0.3 is 0 Å². The van der Waals surface area contributed by atoms with E-state index in [0.29, 0.717) is 11.3 Å². The van der Waals surface area contributed by atoms with Crippen molar-refractivity contribution in [2.24, 2.45) is 16.7 Å². The highest BCUT2D eigenvalue weighted by atomic mass is 16.3. The first kappa shape index (κ1) is 15.3. The van der Waals surface area contributed by atoms with Gasteiger partial charge in [0.1, 0.15) is 0 Å². The van der Waals surface area contributed by atoms with Gasteiger partial charge in [-0.1, -0.05) is 30.7 Å². The molecule has 3 atom stereocenters. The number of aliphatic hydroxyl groups is 2. The fourth-order valence-electron chi connectivity index (χ4n) is 4.85. The highest BCUT2D eigenvalue weighted by Gasteiger charge is 2.56. The van der Waals surface area contributed by atoms with E-state index in [0.717, 1.165) is 25.7 Å². The summed E-state index contributed by atoms with van der Waals surface area (Å²) in [5.74, 6) is 0.442. The Balaban J connectivity index is 1.76. The number of fused-ring (bicyclic) bond motifs is 1. The summed E-state index contributed by atoms with van der Waals surface area (Å²) in [6, 6.07) is 0. The zero-order valence-corrected chi connectivity index (χ0v) is 13.7. The van der Waals surface area contributed by atoms with Crippen molar-refractivity contribution in [1.29, 1.82) is 0 Å². The molecule has 3 aliphatic carbocycles. The number of rotatable bonds is 4. The molecule has 0 radical (unpaired) electrons. The Morgan fingerprint density at radius 2 is 2.05 bits per heavy atom. The van der Waals surface area contributed by atoms with Gasteiger partial charge in [-0.2, -0.15) is 0 Å². The first-order chi connectivity index (χ1) is 9.77. The summed E-state index contributed by atoms with van der Waals surface area (Å²) in [5, 5.41) is 20.2. The minimum absolute atomic E-state index is 0.111. The van der Waals surface area contributed by atoms with Crippen molar-refractivity contribution in [3.8, 4) is 0 Å². The summed E-state index contributed by atoms with van der Waals surface area (Å²) in [6.45, 7) is 6.04. The first-order valence-electron chi connectivity index (χ1n) is 8.56. The van der Waals surface area contributed by atoms with Gasteiger partial charge in [0.05, 0.1) is 11.7 Å². The highest BCUT2D eigenvalue weighted by Crippen LogP contribution is 2.66. The molecular weight excluding hydrogens is 260 g/mol. The van der Waals surface area contributed by atoms with Crippen LogP contribution in [0.4, 0.5) is 0 Å². The molecule has 2 nitrogen and oxygen atoms in total. The summed E-state index contributed by atoms with van der Waals surface area (Å²) >= 11 is 0. The smallest absolute Gasteiger partial charge is 0.0771 e. The minimum Gasteiger partial charge on any atom is -0.393 e. The maximum atomic E-state index is 10.4. The van der Waals surface area contributed by atoms with Gasteiger partial charge in [0.25, 0.3) is 0 Å². The lowest BCUT2D eigenvalue weighted by atomic mass is 9.62. The molecule has 2 N–H and O–H groups in total. The molecule has 0 spiro atoms. The van der Waals surface area contributed by atoms with Gasteiger partial charge in [0, 0.05) is 0 Å². The lowest BCUT2D eigenvalue weighted by molar-refractivity contribution is 0.00683. The quantitative estimate of drug-likeness (QED) is 0.769. The largest absolute Gasteiger partial charge is 0.393 e. The van der Waals surface area contributed by atoms with Crippen LogP contribution in [-0.4, -0.2) is 21.9 Å². The van der Waals surface area contributed by atoms with Crippen LogP contribution in [0.25, 0.3) is 0 Å². The van der Waals surface area contributed by atoms with Gasteiger partial charge in [-0.15, -0.1) is 0 Å². The van der Waals surface area contributed by atoms with Crippen LogP contribution >= 0.6 is 0 Å². The molecule has 1 unspecified atom stereocenters. The molecule has 0 aromatic heterocycles. The van der Waals surface area contributed by atoms with Crippen molar-refractivity contribution in [1.82, 2.24) is 0 Å². The first-order valence-corrected chi connectivity index (χ1v) is 8.56. The molecule has 118 valence electrons. The van der Waals surface area contributed by atoms with Crippen LogP contribution in [-0.2, 0) is 0 Å². The average Bonchev–Trinajstić information content (AvgIpc) is 3.03. The lowest BCUT2D eigenvalue weighted by Gasteiger charge is -2.44. The normalized spacial score (nSPS) is 38.4. The SMILES string of the molecule is CC(C)(O)/C=C\CC1(C2=CCC3[C@@H](O)CCC[C@]23C)CC1. The van der Waals surface area contributed by atoms with E-state index in [1.165, 1.54) is 19.3 Å². The van der Waals surface area contributed by atoms with Gasteiger partial charge in [-0.3, -0.25) is 0 Å². The van der Waals surface area contributed by atoms with E-state index in [2.05, 4.69) is 19.1 Å². The lowest BCUT2D eigenvalue weighted by Crippen LogP contribution is -2.40. The maximum Gasteiger partial charge on any atom is 0.0771 e. The van der Waals surface area contributed by atoms with E-state index in [-0.39, 0.29) is 11.5 Å². The van der Waals surface area contributed by atoms with Crippen molar-refractivity contribution < 1.29 is 10.2 Å². The fraction of sp³-hybridized carbons (Fsp3) is 0.789. The van der Waals surface area contributed by atoms with Crippen molar-refractivity contribution in [3.05, 3.63) is 23.8 Å². The molecule has 2 saturated carbocycles. The van der Waals surface area contributed by atoms with Crippen LogP contribution in [0.15, 0.2) is 23.8 Å². The summed E-state index contributed by atoms with van der Waals surface area (Å²) < 4.78 is 0. The molecule has 3 rings (SSSR count). The summed E-state index contributed by atoms with van der Waals surface area (Å²) in [4.78, 5) is 0. The number of allylic oxidation sites excluding steroid dienone is 3. The fourth-order valence-corrected chi connectivity index (χ4v) is 4.85. The average molecular weight is 290 g/mol. The molecule has 0 aromatic rings. The topological polar surface area (TPSA) is 40.5 Å². The standard InChI is InChI=1S/C19H30O2/c1-17(2,21)9-5-11-19(12-13-19)16-8-7-14-15(20)6-4-10-18(14,16)3/h5,8-9,14-15,20-21H,4,6-7,10-13H2,1-3H3/b9-5-/t14?,15-,18-/m0/s1. The second-order valence-corrected chi connectivity index (χ2v) is 8.38. The molecule has 2 heteroatoms. The zero-order chi connectivity index (χ0) is 15.3. The van der Waals surface area contributed by atoms with E-state index in [9.17, 15) is 10.2 Å². The van der Waals surface area contributed by atoms with Crippen LogP contribution in [0, 0.1) is 16.7 Å². The summed E-state index contributed by atoms with van der Waals surface area (Å²) in [6.07, 6.45) is 14.4. The number of aliphatic hydroxyl groups excluding tert-OH is 1. The summed E-state index contributed by atoms with van der Waals surface area (Å²) in [5.41, 5.74) is 1.46. The predicted molar refractivity (Wildman–Crippen MR) is 85.9 cm³/mol. The summed E-state index contributed by atoms with van der Waals surface area (Å²) in [7, 11) is 0. The molecule has 0 amide bonds. The Morgan fingerprint density at radius 1 is 1.33 bits per heavy atom. The Labute approximate surface area is 128 Å². The second kappa shape index (κ2) is 4.96. The third kappa shape index (κ3) is 2.73. The Bertz CT molecular complexity index is 464. The van der Waals surface area contributed by atoms with Crippen molar-refractivity contribution in [2.75, 3.05) is 0 Å². The van der Waals surface area contributed by atoms with E-state index >= 15 is 0 Å². The molecule has 21 heavy (non-hydrogen) atoms. The van der Waals surface area contributed by atoms with Crippen LogP contribution in [0.1, 0.15) is 65.7 Å². The molecule has 2 fully saturated rings. The van der Waals surface area contributed by atoms with Crippen LogP contribution in [0.3, 0.4) is 0 Å². The van der Waals surface area contributed by atoms with Gasteiger partial charge < -0.3 is 10.2 Å². The maximum absolute atomic E-state index is 10.4. The second-order valence-electron chi connectivity index (χ2n) is 8.38. The molecule has 0 saturated heterocycles. The molecule has 0 aromatic carbocycles. The molecule has 0 heterocycles. The van der Waals surface area contributed by atoms with E-state index < -0.39 is 5.60 Å². The van der Waals surface area contributed by atoms with Gasteiger partial charge in [0.2, 0.25) is 0 Å². The van der Waals surface area contributed by atoms with Gasteiger partial charge in [-0.25, -0.2) is 0 Å². The number of hydrogen-bond acceptors (Lipinski definition) is 2. The minimum atomic E-state index is -0.715. The Kier molecular flexibility index (Phi) is 3.61. The zero-order valence-electron chi connectivity index (χ0n) is 13.7. The molecule has 0 bridgehead atoms. The number of hydrogen-bond donors (Lipinski definition) is 2. The Morgan fingerprint density at radius 3 is 2.67 bits per heavy atom. The van der Waals surface area contributed by atoms with E-state index in [1.54, 1.807) is 5.57 Å². The van der Waals surface area contributed by atoms with Crippen LogP contribution in [0.5, 0.6) is 0 Å². The van der Waals surface area contributed by atoms with Gasteiger partial charge in [-0.05, 0) is 75.5 Å². The monoisotopic (exact) mass is 290 g/mol. The van der Waals surface area contributed by atoms with E-state index in [4.69, 9.17) is 0 Å². The Hall–Kier alpha value is -0.600. The van der Waals surface area contributed by atoms with Crippen molar-refractivity contribution in [3.63, 3.8) is 0 Å². The highest BCUT2D eigenvalue weighted by molar-refractivity contribution is 5.35. The molecule has 0 aliphatic heterocycles. The van der Waals surface area contributed by atoms with Crippen LogP contribution < -0.4 is 0 Å². The third-order valence-corrected chi connectivity index (χ3v) is 6.13. The molecular formula is C19H30O2. The van der Waals surface area contributed by atoms with Crippen molar-refractivity contribution >= 4 is 0 Å². The third-order valence-electron chi connectivity index (χ3n) is 6.13. The van der Waals surface area contributed by atoms with Crippen molar-refractivity contribution in [2.45, 2.75) is 77.4 Å². The molecule has 3 aliphatic rings.